The lowest BCUT2D eigenvalue weighted by atomic mass is 10.1. The normalized spacial score (nSPS) is 14.9. The molecule has 1 heterocycles. The first-order chi connectivity index (χ1) is 6.81. The highest BCUT2D eigenvalue weighted by Crippen LogP contribution is 2.34. The molecule has 0 radical (unpaired) electrons. The van der Waals surface area contributed by atoms with Gasteiger partial charge in [-0.15, -0.1) is 0 Å². The van der Waals surface area contributed by atoms with Crippen LogP contribution in [0.25, 0.3) is 0 Å². The third-order valence-corrected chi connectivity index (χ3v) is 2.14. The molecule has 72 valence electrons. The monoisotopic (exact) mass is 190 g/mol. The first-order valence-corrected chi connectivity index (χ1v) is 4.33. The molecule has 1 aromatic carbocycles. The van der Waals surface area contributed by atoms with Crippen molar-refractivity contribution in [3.05, 3.63) is 23.8 Å². The van der Waals surface area contributed by atoms with Crippen LogP contribution in [-0.4, -0.2) is 6.79 Å². The van der Waals surface area contributed by atoms with Gasteiger partial charge in [0, 0.05) is 6.04 Å². The summed E-state index contributed by atoms with van der Waals surface area (Å²) in [5.41, 5.74) is 6.68. The van der Waals surface area contributed by atoms with Gasteiger partial charge < -0.3 is 15.2 Å². The molecule has 1 atom stereocenters. The van der Waals surface area contributed by atoms with E-state index in [-0.39, 0.29) is 12.8 Å². The first kappa shape index (κ1) is 8.85. The molecule has 1 aromatic rings. The molecule has 1 unspecified atom stereocenters. The Morgan fingerprint density at radius 3 is 3.00 bits per heavy atom. The standard InChI is InChI=1S/C10H10N2O2/c11-4-3-8(12)7-1-2-9-10(5-7)14-6-13-9/h1-2,5,8H,3,6,12H2. The van der Waals surface area contributed by atoms with Crippen LogP contribution >= 0.6 is 0 Å². The van der Waals surface area contributed by atoms with Crippen LogP contribution in [0.3, 0.4) is 0 Å². The SMILES string of the molecule is N#CCC(N)c1ccc2c(c1)OCO2. The van der Waals surface area contributed by atoms with E-state index in [9.17, 15) is 0 Å². The summed E-state index contributed by atoms with van der Waals surface area (Å²) in [6.45, 7) is 0.256. The van der Waals surface area contributed by atoms with Gasteiger partial charge in [0.05, 0.1) is 12.5 Å². The zero-order valence-corrected chi connectivity index (χ0v) is 7.56. The number of nitrogens with two attached hydrogens (primary N) is 1. The molecule has 1 aliphatic heterocycles. The van der Waals surface area contributed by atoms with Crippen LogP contribution < -0.4 is 15.2 Å². The molecule has 4 nitrogen and oxygen atoms in total. The van der Waals surface area contributed by atoms with E-state index in [0.717, 1.165) is 11.3 Å². The predicted octanol–water partition coefficient (Wildman–Crippen LogP) is 1.33. The van der Waals surface area contributed by atoms with Crippen LogP contribution in [0.4, 0.5) is 0 Å². The number of ether oxygens (including phenoxy) is 2. The minimum atomic E-state index is -0.255. The van der Waals surface area contributed by atoms with Gasteiger partial charge in [0.15, 0.2) is 11.5 Å². The Hall–Kier alpha value is -1.73. The van der Waals surface area contributed by atoms with Crippen LogP contribution in [-0.2, 0) is 0 Å². The predicted molar refractivity (Wildman–Crippen MR) is 49.7 cm³/mol. The fourth-order valence-corrected chi connectivity index (χ4v) is 1.36. The fraction of sp³-hybridized carbons (Fsp3) is 0.300. The Balaban J connectivity index is 2.25. The largest absolute Gasteiger partial charge is 0.454 e. The van der Waals surface area contributed by atoms with E-state index in [4.69, 9.17) is 20.5 Å². The number of nitriles is 1. The molecule has 2 N–H and O–H groups in total. The highest BCUT2D eigenvalue weighted by molar-refractivity contribution is 5.45. The zero-order chi connectivity index (χ0) is 9.97. The second kappa shape index (κ2) is 3.56. The van der Waals surface area contributed by atoms with Crippen LogP contribution in [0, 0.1) is 11.3 Å². The lowest BCUT2D eigenvalue weighted by Crippen LogP contribution is -2.08. The summed E-state index contributed by atoms with van der Waals surface area (Å²) in [5.74, 6) is 1.44. The van der Waals surface area contributed by atoms with E-state index in [1.165, 1.54) is 0 Å². The molecule has 0 fully saturated rings. The summed E-state index contributed by atoms with van der Waals surface area (Å²) in [4.78, 5) is 0. The van der Waals surface area contributed by atoms with Crippen LogP contribution in [0.2, 0.25) is 0 Å². The van der Waals surface area contributed by atoms with E-state index in [2.05, 4.69) is 0 Å². The van der Waals surface area contributed by atoms with Crippen molar-refractivity contribution in [2.24, 2.45) is 5.73 Å². The third-order valence-electron chi connectivity index (χ3n) is 2.14. The second-order valence-electron chi connectivity index (χ2n) is 3.08. The number of fused-ring (bicyclic) bond motifs is 1. The van der Waals surface area contributed by atoms with E-state index in [1.807, 2.05) is 24.3 Å². The average Bonchev–Trinajstić information content (AvgIpc) is 2.64. The van der Waals surface area contributed by atoms with Crippen molar-refractivity contribution >= 4 is 0 Å². The van der Waals surface area contributed by atoms with Gasteiger partial charge in [-0.3, -0.25) is 0 Å². The van der Waals surface area contributed by atoms with Crippen LogP contribution in [0.5, 0.6) is 11.5 Å². The number of hydrogen-bond donors (Lipinski definition) is 1. The fourth-order valence-electron chi connectivity index (χ4n) is 1.36. The summed E-state index contributed by atoms with van der Waals surface area (Å²) >= 11 is 0. The number of hydrogen-bond acceptors (Lipinski definition) is 4. The van der Waals surface area contributed by atoms with Crippen molar-refractivity contribution in [2.45, 2.75) is 12.5 Å². The molecule has 0 spiro atoms. The average molecular weight is 190 g/mol. The number of benzene rings is 1. The Morgan fingerprint density at radius 1 is 1.43 bits per heavy atom. The van der Waals surface area contributed by atoms with Crippen molar-refractivity contribution in [3.8, 4) is 17.6 Å². The minimum Gasteiger partial charge on any atom is -0.454 e. The smallest absolute Gasteiger partial charge is 0.231 e. The van der Waals surface area contributed by atoms with Crippen molar-refractivity contribution in [3.63, 3.8) is 0 Å². The van der Waals surface area contributed by atoms with Gasteiger partial charge in [-0.2, -0.15) is 5.26 Å². The van der Waals surface area contributed by atoms with Gasteiger partial charge in [0.2, 0.25) is 6.79 Å². The molecule has 2 rings (SSSR count). The highest BCUT2D eigenvalue weighted by Gasteiger charge is 2.15. The topological polar surface area (TPSA) is 68.3 Å². The van der Waals surface area contributed by atoms with E-state index in [1.54, 1.807) is 0 Å². The quantitative estimate of drug-likeness (QED) is 0.763. The van der Waals surface area contributed by atoms with Gasteiger partial charge in [-0.05, 0) is 17.7 Å². The Bertz CT molecular complexity index is 384. The lowest BCUT2D eigenvalue weighted by molar-refractivity contribution is 0.174. The van der Waals surface area contributed by atoms with Gasteiger partial charge in [0.1, 0.15) is 0 Å². The number of nitrogens with zero attached hydrogens (tertiary/aromatic N) is 1. The molecule has 0 saturated carbocycles. The third kappa shape index (κ3) is 1.50. The summed E-state index contributed by atoms with van der Waals surface area (Å²) < 4.78 is 10.4. The van der Waals surface area contributed by atoms with E-state index < -0.39 is 0 Å². The Labute approximate surface area is 81.8 Å². The van der Waals surface area contributed by atoms with E-state index in [0.29, 0.717) is 12.2 Å². The summed E-state index contributed by atoms with van der Waals surface area (Å²) in [6, 6.07) is 7.28. The van der Waals surface area contributed by atoms with Crippen molar-refractivity contribution < 1.29 is 9.47 Å². The molecule has 1 aliphatic rings. The lowest BCUT2D eigenvalue weighted by Gasteiger charge is -2.07. The zero-order valence-electron chi connectivity index (χ0n) is 7.56. The molecule has 0 aromatic heterocycles. The van der Waals surface area contributed by atoms with Gasteiger partial charge in [-0.25, -0.2) is 0 Å². The molecule has 0 amide bonds. The van der Waals surface area contributed by atoms with Crippen molar-refractivity contribution in [2.75, 3.05) is 6.79 Å². The molecule has 0 aliphatic carbocycles. The highest BCUT2D eigenvalue weighted by atomic mass is 16.7. The molecule has 0 bridgehead atoms. The Morgan fingerprint density at radius 2 is 2.21 bits per heavy atom. The van der Waals surface area contributed by atoms with E-state index >= 15 is 0 Å². The summed E-state index contributed by atoms with van der Waals surface area (Å²) in [6.07, 6.45) is 0.305. The first-order valence-electron chi connectivity index (χ1n) is 4.33. The van der Waals surface area contributed by atoms with Crippen molar-refractivity contribution in [1.29, 1.82) is 5.26 Å². The summed E-state index contributed by atoms with van der Waals surface area (Å²) in [7, 11) is 0. The van der Waals surface area contributed by atoms with Gasteiger partial charge in [-0.1, -0.05) is 6.07 Å². The maximum atomic E-state index is 8.51. The molecule has 4 heteroatoms. The maximum absolute atomic E-state index is 8.51. The summed E-state index contributed by atoms with van der Waals surface area (Å²) in [5, 5.41) is 8.51. The molecule has 0 saturated heterocycles. The van der Waals surface area contributed by atoms with Crippen LogP contribution in [0.1, 0.15) is 18.0 Å². The Kier molecular flexibility index (Phi) is 2.25. The maximum Gasteiger partial charge on any atom is 0.231 e. The van der Waals surface area contributed by atoms with Gasteiger partial charge in [0.25, 0.3) is 0 Å². The molecular formula is C10H10N2O2. The van der Waals surface area contributed by atoms with Crippen LogP contribution in [0.15, 0.2) is 18.2 Å². The molecular weight excluding hydrogens is 180 g/mol. The second-order valence-corrected chi connectivity index (χ2v) is 3.08. The minimum absolute atomic E-state index is 0.255. The van der Waals surface area contributed by atoms with Crippen molar-refractivity contribution in [1.82, 2.24) is 0 Å². The number of rotatable bonds is 2. The van der Waals surface area contributed by atoms with Gasteiger partial charge >= 0.3 is 0 Å². The molecule has 14 heavy (non-hydrogen) atoms.